The van der Waals surface area contributed by atoms with Gasteiger partial charge in [0.2, 0.25) is 0 Å². The lowest BCUT2D eigenvalue weighted by Gasteiger charge is -2.32. The van der Waals surface area contributed by atoms with E-state index in [1.807, 2.05) is 25.1 Å². The summed E-state index contributed by atoms with van der Waals surface area (Å²) in [6.07, 6.45) is 7.15. The Morgan fingerprint density at radius 3 is 2.62 bits per heavy atom. The summed E-state index contributed by atoms with van der Waals surface area (Å²) < 4.78 is 39.6. The van der Waals surface area contributed by atoms with Crippen molar-refractivity contribution in [2.75, 3.05) is 30.8 Å². The van der Waals surface area contributed by atoms with Crippen LogP contribution in [0.15, 0.2) is 84.3 Å². The normalized spacial score (nSPS) is 14.0. The van der Waals surface area contributed by atoms with Crippen molar-refractivity contribution in [3.63, 3.8) is 0 Å². The predicted molar refractivity (Wildman–Crippen MR) is 169 cm³/mol. The van der Waals surface area contributed by atoms with Crippen molar-refractivity contribution in [1.29, 1.82) is 0 Å². The van der Waals surface area contributed by atoms with Crippen LogP contribution >= 0.6 is 0 Å². The lowest BCUT2D eigenvalue weighted by Crippen LogP contribution is -2.42. The first kappa shape index (κ1) is 30.9. The molecule has 1 amide bonds. The van der Waals surface area contributed by atoms with E-state index in [-0.39, 0.29) is 23.4 Å². The van der Waals surface area contributed by atoms with Gasteiger partial charge in [0.15, 0.2) is 11.7 Å². The van der Waals surface area contributed by atoms with Crippen molar-refractivity contribution < 1.29 is 23.0 Å². The van der Waals surface area contributed by atoms with Gasteiger partial charge in [-0.05, 0) is 50.1 Å². The van der Waals surface area contributed by atoms with E-state index in [1.54, 1.807) is 25.4 Å². The second-order valence-corrected chi connectivity index (χ2v) is 10.3. The summed E-state index contributed by atoms with van der Waals surface area (Å²) in [5, 5.41) is 7.11. The molecule has 232 valence electrons. The Balaban J connectivity index is 1.29. The quantitative estimate of drug-likeness (QED) is 0.117. The highest BCUT2D eigenvalue weighted by Gasteiger charge is 2.25. The minimum Gasteiger partial charge on any atom is -0.495 e. The van der Waals surface area contributed by atoms with Gasteiger partial charge in [0.25, 0.3) is 5.91 Å². The highest BCUT2D eigenvalue weighted by molar-refractivity contribution is 5.95. The standard InChI is InChI=1S/C32H32F2N8O3/c1-19-4-5-22(17-37-19)36-11-8-30(35)45-23-6-7-26(25(34)14-23)41-31-24-15-28(29(44-3)16-27(24)38-18-39-31)40-21-9-12-42(13-10-21)32(43)20(2)33/h4-8,11,14-18,21,40H,2,9-10,12-13,35H2,1,3H3,(H,38,39,41)/b30-8+,36-11?. The molecular formula is C32H32F2N8O3. The molecule has 0 atom stereocenters. The van der Waals surface area contributed by atoms with Gasteiger partial charge in [0.05, 0.1) is 35.9 Å². The van der Waals surface area contributed by atoms with Gasteiger partial charge in [-0.3, -0.25) is 14.8 Å². The van der Waals surface area contributed by atoms with Gasteiger partial charge >= 0.3 is 0 Å². The monoisotopic (exact) mass is 614 g/mol. The third-order valence-corrected chi connectivity index (χ3v) is 7.12. The van der Waals surface area contributed by atoms with Gasteiger partial charge in [-0.15, -0.1) is 0 Å². The number of anilines is 3. The van der Waals surface area contributed by atoms with E-state index >= 15 is 4.39 Å². The molecule has 0 bridgehead atoms. The van der Waals surface area contributed by atoms with Crippen LogP contribution in [0.2, 0.25) is 0 Å². The molecule has 3 heterocycles. The maximum absolute atomic E-state index is 15.2. The fourth-order valence-electron chi connectivity index (χ4n) is 4.78. The molecule has 0 aliphatic carbocycles. The fourth-order valence-corrected chi connectivity index (χ4v) is 4.78. The molecular weight excluding hydrogens is 582 g/mol. The van der Waals surface area contributed by atoms with Gasteiger partial charge in [-0.25, -0.2) is 18.7 Å². The molecule has 11 nitrogen and oxygen atoms in total. The second-order valence-electron chi connectivity index (χ2n) is 10.3. The Labute approximate surface area is 258 Å². The average molecular weight is 615 g/mol. The molecule has 0 saturated carbocycles. The van der Waals surface area contributed by atoms with E-state index < -0.39 is 17.6 Å². The van der Waals surface area contributed by atoms with Crippen LogP contribution in [0, 0.1) is 12.7 Å². The first-order valence-electron chi connectivity index (χ1n) is 14.1. The van der Waals surface area contributed by atoms with Crippen molar-refractivity contribution in [2.24, 2.45) is 10.7 Å². The minimum atomic E-state index is -0.963. The molecule has 13 heteroatoms. The highest BCUT2D eigenvalue weighted by Crippen LogP contribution is 2.35. The summed E-state index contributed by atoms with van der Waals surface area (Å²) in [4.78, 5) is 30.5. The van der Waals surface area contributed by atoms with Crippen molar-refractivity contribution in [3.8, 4) is 11.5 Å². The maximum atomic E-state index is 15.2. The maximum Gasteiger partial charge on any atom is 0.281 e. The van der Waals surface area contributed by atoms with E-state index in [9.17, 15) is 9.18 Å². The third kappa shape index (κ3) is 7.68. The number of nitrogens with zero attached hydrogens (tertiary/aromatic N) is 5. The number of aliphatic imine (C=N–C) groups is 1. The van der Waals surface area contributed by atoms with Crippen LogP contribution < -0.4 is 25.8 Å². The van der Waals surface area contributed by atoms with Crippen LogP contribution in [0.5, 0.6) is 11.5 Å². The number of hydrogen-bond donors (Lipinski definition) is 3. The number of rotatable bonds is 10. The summed E-state index contributed by atoms with van der Waals surface area (Å²) in [7, 11) is 1.55. The molecule has 1 saturated heterocycles. The number of ether oxygens (including phenoxy) is 2. The zero-order valence-electron chi connectivity index (χ0n) is 24.8. The topological polar surface area (TPSA) is 140 Å². The Morgan fingerprint density at radius 1 is 1.13 bits per heavy atom. The summed E-state index contributed by atoms with van der Waals surface area (Å²) in [6.45, 7) is 5.77. The van der Waals surface area contributed by atoms with Crippen molar-refractivity contribution in [3.05, 3.63) is 90.9 Å². The molecule has 0 radical (unpaired) electrons. The third-order valence-electron chi connectivity index (χ3n) is 7.12. The summed E-state index contributed by atoms with van der Waals surface area (Å²) in [5.74, 6) is -1.07. The van der Waals surface area contributed by atoms with Crippen LogP contribution in [0.3, 0.4) is 0 Å². The number of methoxy groups -OCH3 is 1. The number of amides is 1. The molecule has 45 heavy (non-hydrogen) atoms. The lowest BCUT2D eigenvalue weighted by molar-refractivity contribution is -0.129. The highest BCUT2D eigenvalue weighted by atomic mass is 19.1. The Morgan fingerprint density at radius 2 is 1.93 bits per heavy atom. The number of benzene rings is 2. The van der Waals surface area contributed by atoms with E-state index in [0.717, 1.165) is 5.69 Å². The zero-order valence-corrected chi connectivity index (χ0v) is 24.8. The Bertz CT molecular complexity index is 1770. The summed E-state index contributed by atoms with van der Waals surface area (Å²) >= 11 is 0. The Hall–Kier alpha value is -5.59. The number of likely N-dealkylation sites (tertiary alicyclic amines) is 1. The van der Waals surface area contributed by atoms with Crippen LogP contribution in [0.4, 0.5) is 31.7 Å². The molecule has 0 unspecified atom stereocenters. The lowest BCUT2D eigenvalue weighted by atomic mass is 10.0. The minimum absolute atomic E-state index is 0.00618. The first-order chi connectivity index (χ1) is 21.7. The molecule has 4 N–H and O–H groups in total. The van der Waals surface area contributed by atoms with Crippen molar-refractivity contribution >= 4 is 45.9 Å². The number of pyridine rings is 1. The summed E-state index contributed by atoms with van der Waals surface area (Å²) in [6, 6.07) is 11.6. The smallest absolute Gasteiger partial charge is 0.281 e. The SMILES string of the molecule is C=C(F)C(=O)N1CCC(Nc2cc3c(Nc4ccc(O/C(N)=C/C=Nc5ccc(C)nc5)cc4F)ncnc3cc2OC)CC1. The van der Waals surface area contributed by atoms with Crippen molar-refractivity contribution in [2.45, 2.75) is 25.8 Å². The van der Waals surface area contributed by atoms with Gasteiger partial charge in [0.1, 0.15) is 29.5 Å². The number of halogens is 2. The number of carbonyl (C=O) groups is 1. The van der Waals surface area contributed by atoms with Gasteiger partial charge in [-0.2, -0.15) is 0 Å². The summed E-state index contributed by atoms with van der Waals surface area (Å²) in [5.41, 5.74) is 8.89. The Kier molecular flexibility index (Phi) is 9.46. The first-order valence-corrected chi connectivity index (χ1v) is 14.1. The molecule has 2 aromatic carbocycles. The predicted octanol–water partition coefficient (Wildman–Crippen LogP) is 5.69. The number of nitrogens with one attached hydrogen (secondary N) is 2. The van der Waals surface area contributed by atoms with E-state index in [2.05, 4.69) is 37.2 Å². The number of hydrogen-bond acceptors (Lipinski definition) is 10. The molecule has 0 spiro atoms. The van der Waals surface area contributed by atoms with E-state index in [1.165, 1.54) is 35.7 Å². The van der Waals surface area contributed by atoms with Crippen LogP contribution in [-0.2, 0) is 4.79 Å². The van der Waals surface area contributed by atoms with Crippen LogP contribution in [0.25, 0.3) is 10.9 Å². The number of allylic oxidation sites excluding steroid dienone is 1. The fraction of sp³-hybridized carbons (Fsp3) is 0.219. The number of aromatic nitrogens is 3. The van der Waals surface area contributed by atoms with Gasteiger partial charge in [0, 0.05) is 54.6 Å². The molecule has 2 aromatic heterocycles. The molecule has 5 rings (SSSR count). The number of fused-ring (bicyclic) bond motifs is 1. The second kappa shape index (κ2) is 13.8. The van der Waals surface area contributed by atoms with Gasteiger partial charge in [-0.1, -0.05) is 6.58 Å². The number of aryl methyl sites for hydroxylation is 1. The average Bonchev–Trinajstić information content (AvgIpc) is 3.03. The molecule has 1 fully saturated rings. The number of piperidine rings is 1. The molecule has 1 aliphatic rings. The van der Waals surface area contributed by atoms with Crippen molar-refractivity contribution in [1.82, 2.24) is 19.9 Å². The van der Waals surface area contributed by atoms with E-state index in [4.69, 9.17) is 15.2 Å². The number of carbonyl (C=O) groups excluding carboxylic acids is 1. The molecule has 1 aliphatic heterocycles. The van der Waals surface area contributed by atoms with Crippen LogP contribution in [-0.4, -0.2) is 58.2 Å². The zero-order chi connectivity index (χ0) is 31.9. The molecule has 4 aromatic rings. The van der Waals surface area contributed by atoms with E-state index in [0.29, 0.717) is 59.8 Å². The van der Waals surface area contributed by atoms with Crippen LogP contribution in [0.1, 0.15) is 18.5 Å². The largest absolute Gasteiger partial charge is 0.495 e. The number of nitrogens with two attached hydrogens (primary N) is 1. The van der Waals surface area contributed by atoms with Gasteiger partial charge < -0.3 is 30.7 Å².